The molecule has 1 aromatic carbocycles. The number of nitrogens with one attached hydrogen (secondary N) is 2. The van der Waals surface area contributed by atoms with Crippen molar-refractivity contribution in [2.45, 2.75) is 6.42 Å². The number of ether oxygens (including phenoxy) is 1. The Morgan fingerprint density at radius 2 is 1.96 bits per heavy atom. The molecule has 1 heterocycles. The van der Waals surface area contributed by atoms with Crippen molar-refractivity contribution >= 4 is 34.9 Å². The van der Waals surface area contributed by atoms with Gasteiger partial charge in [-0.25, -0.2) is 4.98 Å². The highest BCUT2D eigenvalue weighted by molar-refractivity contribution is 6.33. The molecule has 122 valence electrons. The van der Waals surface area contributed by atoms with E-state index in [-0.39, 0.29) is 11.2 Å². The molecule has 23 heavy (non-hydrogen) atoms. The average molecular weight is 355 g/mol. The molecule has 0 unspecified atom stereocenters. The van der Waals surface area contributed by atoms with Crippen LogP contribution in [0.4, 0.5) is 5.82 Å². The van der Waals surface area contributed by atoms with E-state index >= 15 is 0 Å². The van der Waals surface area contributed by atoms with Gasteiger partial charge in [0.2, 0.25) is 5.28 Å². The van der Waals surface area contributed by atoms with Gasteiger partial charge in [-0.1, -0.05) is 11.6 Å². The summed E-state index contributed by atoms with van der Waals surface area (Å²) in [6.45, 7) is 1.12. The number of rotatable bonds is 7. The largest absolute Gasteiger partial charge is 0.497 e. The molecule has 2 aromatic rings. The van der Waals surface area contributed by atoms with Crippen LogP contribution in [0.1, 0.15) is 16.8 Å². The third kappa shape index (κ3) is 5.26. The first-order valence-corrected chi connectivity index (χ1v) is 7.70. The number of carbonyl (C=O) groups excluding carboxylic acids is 1. The number of anilines is 1. The minimum absolute atomic E-state index is 0.129. The maximum atomic E-state index is 11.9. The lowest BCUT2D eigenvalue weighted by Gasteiger charge is -2.08. The van der Waals surface area contributed by atoms with Gasteiger partial charge in [0.05, 0.1) is 13.3 Å². The maximum Gasteiger partial charge on any atom is 0.251 e. The summed E-state index contributed by atoms with van der Waals surface area (Å²) in [5.74, 6) is 1.06. The van der Waals surface area contributed by atoms with Crippen molar-refractivity contribution in [3.05, 3.63) is 46.3 Å². The molecule has 0 saturated heterocycles. The van der Waals surface area contributed by atoms with Crippen molar-refractivity contribution in [2.75, 3.05) is 25.5 Å². The van der Waals surface area contributed by atoms with E-state index < -0.39 is 0 Å². The smallest absolute Gasteiger partial charge is 0.251 e. The quantitative estimate of drug-likeness (QED) is 0.590. The predicted octanol–water partition coefficient (Wildman–Crippen LogP) is 3.02. The summed E-state index contributed by atoms with van der Waals surface area (Å²) < 4.78 is 5.05. The van der Waals surface area contributed by atoms with Crippen LogP contribution >= 0.6 is 23.2 Å². The van der Waals surface area contributed by atoms with Gasteiger partial charge in [0.1, 0.15) is 16.6 Å². The van der Waals surface area contributed by atoms with Crippen LogP contribution in [0.2, 0.25) is 10.3 Å². The van der Waals surface area contributed by atoms with Crippen LogP contribution in [0, 0.1) is 0 Å². The summed E-state index contributed by atoms with van der Waals surface area (Å²) in [5.41, 5.74) is 0.587. The lowest BCUT2D eigenvalue weighted by atomic mass is 10.2. The maximum absolute atomic E-state index is 11.9. The molecule has 6 nitrogen and oxygen atoms in total. The molecule has 1 amide bonds. The van der Waals surface area contributed by atoms with E-state index in [1.165, 1.54) is 6.20 Å². The summed E-state index contributed by atoms with van der Waals surface area (Å²) in [5, 5.41) is 6.41. The fraction of sp³-hybridized carbons (Fsp3) is 0.267. The lowest BCUT2D eigenvalue weighted by Crippen LogP contribution is -2.25. The Balaban J connectivity index is 1.72. The van der Waals surface area contributed by atoms with Crippen molar-refractivity contribution in [1.82, 2.24) is 15.3 Å². The fourth-order valence-corrected chi connectivity index (χ4v) is 2.10. The van der Waals surface area contributed by atoms with Crippen molar-refractivity contribution in [3.63, 3.8) is 0 Å². The average Bonchev–Trinajstić information content (AvgIpc) is 2.57. The van der Waals surface area contributed by atoms with E-state index in [4.69, 9.17) is 27.9 Å². The summed E-state index contributed by atoms with van der Waals surface area (Å²) in [6.07, 6.45) is 2.14. The highest BCUT2D eigenvalue weighted by atomic mass is 35.5. The van der Waals surface area contributed by atoms with E-state index in [1.54, 1.807) is 31.4 Å². The normalized spacial score (nSPS) is 10.2. The van der Waals surface area contributed by atoms with Crippen molar-refractivity contribution < 1.29 is 9.53 Å². The number of amides is 1. The third-order valence-corrected chi connectivity index (χ3v) is 3.46. The number of hydrogen-bond donors (Lipinski definition) is 2. The topological polar surface area (TPSA) is 76.1 Å². The van der Waals surface area contributed by atoms with Gasteiger partial charge in [0.25, 0.3) is 5.91 Å². The summed E-state index contributed by atoms with van der Waals surface area (Å²) in [4.78, 5) is 19.7. The van der Waals surface area contributed by atoms with Crippen LogP contribution in [0.3, 0.4) is 0 Å². The van der Waals surface area contributed by atoms with Gasteiger partial charge in [0.15, 0.2) is 0 Å². The predicted molar refractivity (Wildman–Crippen MR) is 90.5 cm³/mol. The monoisotopic (exact) mass is 354 g/mol. The highest BCUT2D eigenvalue weighted by Gasteiger charge is 2.06. The number of halogens is 2. The zero-order chi connectivity index (χ0) is 16.7. The molecule has 8 heteroatoms. The first-order chi connectivity index (χ1) is 11.1. The number of hydrogen-bond acceptors (Lipinski definition) is 5. The Morgan fingerprint density at radius 3 is 2.65 bits per heavy atom. The van der Waals surface area contributed by atoms with E-state index in [1.807, 2.05) is 0 Å². The van der Waals surface area contributed by atoms with Crippen LogP contribution in [0.25, 0.3) is 0 Å². The van der Waals surface area contributed by atoms with Gasteiger partial charge in [-0.15, -0.1) is 0 Å². The van der Waals surface area contributed by atoms with Crippen molar-refractivity contribution in [3.8, 4) is 5.75 Å². The molecular weight excluding hydrogens is 339 g/mol. The molecule has 0 aliphatic heterocycles. The zero-order valence-electron chi connectivity index (χ0n) is 12.5. The van der Waals surface area contributed by atoms with Gasteiger partial charge < -0.3 is 15.4 Å². The van der Waals surface area contributed by atoms with Crippen molar-refractivity contribution in [1.29, 1.82) is 0 Å². The first kappa shape index (κ1) is 17.3. The molecule has 0 saturated carbocycles. The number of methoxy groups -OCH3 is 1. The van der Waals surface area contributed by atoms with E-state index in [0.29, 0.717) is 41.7 Å². The molecule has 2 N–H and O–H groups in total. The molecule has 0 aliphatic carbocycles. The Hall–Kier alpha value is -2.05. The van der Waals surface area contributed by atoms with E-state index in [2.05, 4.69) is 20.6 Å². The Kier molecular flexibility index (Phi) is 6.43. The van der Waals surface area contributed by atoms with Crippen LogP contribution in [0.5, 0.6) is 5.75 Å². The molecule has 0 bridgehead atoms. The van der Waals surface area contributed by atoms with E-state index in [9.17, 15) is 4.79 Å². The summed E-state index contributed by atoms with van der Waals surface area (Å²) in [7, 11) is 1.58. The highest BCUT2D eigenvalue weighted by Crippen LogP contribution is 2.19. The molecule has 0 spiro atoms. The van der Waals surface area contributed by atoms with Crippen LogP contribution in [0.15, 0.2) is 30.5 Å². The molecule has 0 fully saturated rings. The minimum atomic E-state index is -0.129. The van der Waals surface area contributed by atoms with Gasteiger partial charge in [-0.2, -0.15) is 4.98 Å². The van der Waals surface area contributed by atoms with Crippen LogP contribution < -0.4 is 15.4 Å². The second kappa shape index (κ2) is 8.55. The number of benzene rings is 1. The first-order valence-electron chi connectivity index (χ1n) is 6.94. The Bertz CT molecular complexity index is 665. The third-order valence-electron chi connectivity index (χ3n) is 3.00. The standard InChI is InChI=1S/C15H16Cl2N4O2/c1-23-11-5-3-10(4-6-11)14(22)19-8-2-7-18-13-12(16)9-20-15(17)21-13/h3-6,9H,2,7-8H2,1H3,(H,19,22)(H,18,20,21). The molecular formula is C15H16Cl2N4O2. The molecule has 2 rings (SSSR count). The lowest BCUT2D eigenvalue weighted by molar-refractivity contribution is 0.0953. The SMILES string of the molecule is COc1ccc(C(=O)NCCCNc2nc(Cl)ncc2Cl)cc1. The van der Waals surface area contributed by atoms with Crippen LogP contribution in [-0.4, -0.2) is 36.1 Å². The number of aromatic nitrogens is 2. The number of carbonyl (C=O) groups is 1. The van der Waals surface area contributed by atoms with Crippen LogP contribution in [-0.2, 0) is 0 Å². The summed E-state index contributed by atoms with van der Waals surface area (Å²) >= 11 is 11.6. The second-order valence-corrected chi connectivity index (χ2v) is 5.35. The van der Waals surface area contributed by atoms with Gasteiger partial charge in [-0.05, 0) is 42.3 Å². The summed E-state index contributed by atoms with van der Waals surface area (Å²) in [6, 6.07) is 6.93. The Morgan fingerprint density at radius 1 is 1.22 bits per heavy atom. The number of nitrogens with zero attached hydrogens (tertiary/aromatic N) is 2. The molecule has 0 atom stereocenters. The zero-order valence-corrected chi connectivity index (χ0v) is 14.0. The van der Waals surface area contributed by atoms with Crippen molar-refractivity contribution in [2.24, 2.45) is 0 Å². The van der Waals surface area contributed by atoms with Gasteiger partial charge in [0, 0.05) is 18.7 Å². The minimum Gasteiger partial charge on any atom is -0.497 e. The second-order valence-electron chi connectivity index (χ2n) is 4.60. The molecule has 0 radical (unpaired) electrons. The molecule has 1 aromatic heterocycles. The Labute approximate surface area is 144 Å². The van der Waals surface area contributed by atoms with Gasteiger partial charge in [-0.3, -0.25) is 4.79 Å². The fourth-order valence-electron chi connectivity index (χ4n) is 1.81. The van der Waals surface area contributed by atoms with Gasteiger partial charge >= 0.3 is 0 Å². The van der Waals surface area contributed by atoms with E-state index in [0.717, 1.165) is 0 Å². The molecule has 0 aliphatic rings.